The molecule has 0 fully saturated rings. The van der Waals surface area contributed by atoms with Crippen LogP contribution in [-0.4, -0.2) is 24.9 Å². The molecule has 3 aromatic rings. The molecule has 128 valence electrons. The van der Waals surface area contributed by atoms with Gasteiger partial charge in [0.1, 0.15) is 17.2 Å². The largest absolute Gasteiger partial charge is 0.350 e. The maximum Gasteiger partial charge on any atom is 0.261 e. The Labute approximate surface area is 146 Å². The number of thiophene rings is 1. The quantitative estimate of drug-likeness (QED) is 0.686. The number of halogens is 2. The van der Waals surface area contributed by atoms with Crippen molar-refractivity contribution in [1.82, 2.24) is 10.6 Å². The number of hydrogen-bond acceptors (Lipinski definition) is 3. The molecule has 0 spiro atoms. The van der Waals surface area contributed by atoms with Crippen molar-refractivity contribution in [3.63, 3.8) is 0 Å². The lowest BCUT2D eigenvalue weighted by molar-refractivity contribution is 0.0924. The van der Waals surface area contributed by atoms with Crippen LogP contribution in [0, 0.1) is 11.6 Å². The molecule has 0 aliphatic rings. The number of carbonyl (C=O) groups is 2. The number of nitrogens with one attached hydrogen (secondary N) is 2. The molecule has 0 aliphatic carbocycles. The van der Waals surface area contributed by atoms with E-state index >= 15 is 0 Å². The highest BCUT2D eigenvalue weighted by atomic mass is 32.1. The molecule has 0 saturated carbocycles. The second kappa shape index (κ2) is 7.40. The van der Waals surface area contributed by atoms with E-state index in [0.717, 1.165) is 22.2 Å². The van der Waals surface area contributed by atoms with Crippen LogP contribution in [0.3, 0.4) is 0 Å². The molecule has 2 N–H and O–H groups in total. The fourth-order valence-electron chi connectivity index (χ4n) is 2.34. The van der Waals surface area contributed by atoms with Crippen molar-refractivity contribution in [3.8, 4) is 0 Å². The molecule has 25 heavy (non-hydrogen) atoms. The van der Waals surface area contributed by atoms with Gasteiger partial charge in [0, 0.05) is 17.8 Å². The minimum atomic E-state index is -0.924. The van der Waals surface area contributed by atoms with E-state index in [2.05, 4.69) is 10.6 Å². The van der Waals surface area contributed by atoms with Gasteiger partial charge in [0.25, 0.3) is 11.8 Å². The zero-order valence-corrected chi connectivity index (χ0v) is 13.8. The topological polar surface area (TPSA) is 58.2 Å². The molecule has 0 saturated heterocycles. The average molecular weight is 360 g/mol. The summed E-state index contributed by atoms with van der Waals surface area (Å²) in [5.74, 6) is -2.96. The van der Waals surface area contributed by atoms with Crippen molar-refractivity contribution < 1.29 is 18.4 Å². The Hall–Kier alpha value is -2.80. The van der Waals surface area contributed by atoms with E-state index in [9.17, 15) is 18.4 Å². The molecule has 4 nitrogen and oxygen atoms in total. The van der Waals surface area contributed by atoms with Gasteiger partial charge in [0.15, 0.2) is 0 Å². The minimum Gasteiger partial charge on any atom is -0.350 e. The third-order valence-electron chi connectivity index (χ3n) is 3.54. The fourth-order valence-corrected chi connectivity index (χ4v) is 3.32. The monoisotopic (exact) mass is 360 g/mol. The van der Waals surface area contributed by atoms with Crippen molar-refractivity contribution in [3.05, 3.63) is 70.6 Å². The number of rotatable bonds is 5. The summed E-state index contributed by atoms with van der Waals surface area (Å²) in [6.45, 7) is 0.206. The van der Waals surface area contributed by atoms with Gasteiger partial charge < -0.3 is 10.6 Å². The SMILES string of the molecule is O=C(NCCNC(=O)c1c(F)cccc1F)c1cc2ccccc2s1. The molecular formula is C18H14F2N2O2S. The molecule has 7 heteroatoms. The van der Waals surface area contributed by atoms with E-state index in [-0.39, 0.29) is 19.0 Å². The first kappa shape index (κ1) is 17.0. The van der Waals surface area contributed by atoms with Gasteiger partial charge in [-0.25, -0.2) is 8.78 Å². The second-order valence-corrected chi connectivity index (χ2v) is 6.34. The number of amides is 2. The lowest BCUT2D eigenvalue weighted by Crippen LogP contribution is -2.35. The van der Waals surface area contributed by atoms with E-state index in [1.807, 2.05) is 24.3 Å². The van der Waals surface area contributed by atoms with Gasteiger partial charge >= 0.3 is 0 Å². The third-order valence-corrected chi connectivity index (χ3v) is 4.65. The maximum atomic E-state index is 13.5. The van der Waals surface area contributed by atoms with Crippen LogP contribution in [0.5, 0.6) is 0 Å². The minimum absolute atomic E-state index is 0.0588. The van der Waals surface area contributed by atoms with Crippen LogP contribution < -0.4 is 10.6 Å². The summed E-state index contributed by atoms with van der Waals surface area (Å²) in [6, 6.07) is 12.7. The van der Waals surface area contributed by atoms with Crippen LogP contribution in [0.2, 0.25) is 0 Å². The van der Waals surface area contributed by atoms with E-state index in [1.54, 1.807) is 6.07 Å². The Morgan fingerprint density at radius 2 is 1.52 bits per heavy atom. The smallest absolute Gasteiger partial charge is 0.261 e. The molecule has 0 unspecified atom stereocenters. The van der Waals surface area contributed by atoms with Crippen molar-refractivity contribution in [2.24, 2.45) is 0 Å². The van der Waals surface area contributed by atoms with Gasteiger partial charge in [0.2, 0.25) is 0 Å². The summed E-state index contributed by atoms with van der Waals surface area (Å²) in [5, 5.41) is 6.04. The predicted molar refractivity (Wildman–Crippen MR) is 92.8 cm³/mol. The molecule has 0 atom stereocenters. The van der Waals surface area contributed by atoms with E-state index in [0.29, 0.717) is 4.88 Å². The zero-order chi connectivity index (χ0) is 17.8. The van der Waals surface area contributed by atoms with Gasteiger partial charge in [-0.3, -0.25) is 9.59 Å². The van der Waals surface area contributed by atoms with Gasteiger partial charge in [-0.15, -0.1) is 11.3 Å². The number of benzene rings is 2. The van der Waals surface area contributed by atoms with Crippen LogP contribution in [0.15, 0.2) is 48.5 Å². The lowest BCUT2D eigenvalue weighted by atomic mass is 10.2. The van der Waals surface area contributed by atoms with Crippen LogP contribution >= 0.6 is 11.3 Å². The summed E-state index contributed by atoms with van der Waals surface area (Å²) >= 11 is 1.37. The summed E-state index contributed by atoms with van der Waals surface area (Å²) in [4.78, 5) is 24.5. The second-order valence-electron chi connectivity index (χ2n) is 5.26. The highest BCUT2D eigenvalue weighted by Crippen LogP contribution is 2.24. The summed E-state index contributed by atoms with van der Waals surface area (Å²) in [6.07, 6.45) is 0. The molecule has 0 bridgehead atoms. The number of carbonyl (C=O) groups excluding carboxylic acids is 2. The van der Waals surface area contributed by atoms with Gasteiger partial charge in [-0.1, -0.05) is 24.3 Å². The number of hydrogen-bond donors (Lipinski definition) is 2. The van der Waals surface area contributed by atoms with Crippen LogP contribution in [0.25, 0.3) is 10.1 Å². The molecule has 0 aliphatic heterocycles. The number of fused-ring (bicyclic) bond motifs is 1. The molecule has 2 aromatic carbocycles. The van der Waals surface area contributed by atoms with Crippen molar-refractivity contribution in [1.29, 1.82) is 0 Å². The van der Waals surface area contributed by atoms with Crippen molar-refractivity contribution >= 4 is 33.2 Å². The van der Waals surface area contributed by atoms with Gasteiger partial charge in [-0.05, 0) is 29.7 Å². The first-order valence-corrected chi connectivity index (χ1v) is 8.37. The van der Waals surface area contributed by atoms with Crippen LogP contribution in [0.4, 0.5) is 8.78 Å². The van der Waals surface area contributed by atoms with Crippen LogP contribution in [-0.2, 0) is 0 Å². The van der Waals surface area contributed by atoms with Crippen molar-refractivity contribution in [2.75, 3.05) is 13.1 Å². The lowest BCUT2D eigenvalue weighted by Gasteiger charge is -2.07. The first-order chi connectivity index (χ1) is 12.1. The molecule has 0 radical (unpaired) electrons. The van der Waals surface area contributed by atoms with E-state index in [1.165, 1.54) is 17.4 Å². The summed E-state index contributed by atoms with van der Waals surface area (Å²) in [5.41, 5.74) is -0.627. The normalized spacial score (nSPS) is 10.6. The third kappa shape index (κ3) is 3.83. The predicted octanol–water partition coefficient (Wildman–Crippen LogP) is 3.34. The van der Waals surface area contributed by atoms with Crippen LogP contribution in [0.1, 0.15) is 20.0 Å². The Kier molecular flexibility index (Phi) is 5.04. The molecular weight excluding hydrogens is 346 g/mol. The Balaban J connectivity index is 1.53. The highest BCUT2D eigenvalue weighted by Gasteiger charge is 2.16. The molecule has 1 aromatic heterocycles. The fraction of sp³-hybridized carbons (Fsp3) is 0.111. The zero-order valence-electron chi connectivity index (χ0n) is 13.0. The Morgan fingerprint density at radius 3 is 2.20 bits per heavy atom. The summed E-state index contributed by atoms with van der Waals surface area (Å²) in [7, 11) is 0. The van der Waals surface area contributed by atoms with E-state index < -0.39 is 23.1 Å². The Morgan fingerprint density at radius 1 is 0.880 bits per heavy atom. The standard InChI is InChI=1S/C18H14F2N2O2S/c19-12-5-3-6-13(20)16(12)18(24)22-9-8-21-17(23)15-10-11-4-1-2-7-14(11)25-15/h1-7,10H,8-9H2,(H,21,23)(H,22,24). The molecule has 2 amide bonds. The summed E-state index contributed by atoms with van der Waals surface area (Å²) < 4.78 is 28.0. The average Bonchev–Trinajstić information content (AvgIpc) is 3.02. The van der Waals surface area contributed by atoms with Gasteiger partial charge in [-0.2, -0.15) is 0 Å². The van der Waals surface area contributed by atoms with Crippen molar-refractivity contribution in [2.45, 2.75) is 0 Å². The molecule has 3 rings (SSSR count). The maximum absolute atomic E-state index is 13.5. The highest BCUT2D eigenvalue weighted by molar-refractivity contribution is 7.20. The first-order valence-electron chi connectivity index (χ1n) is 7.55. The van der Waals surface area contributed by atoms with Gasteiger partial charge in [0.05, 0.1) is 4.88 Å². The Bertz CT molecular complexity index is 886. The molecule has 1 heterocycles. The van der Waals surface area contributed by atoms with E-state index in [4.69, 9.17) is 0 Å².